The molecule has 1 amide bonds. The summed E-state index contributed by atoms with van der Waals surface area (Å²) in [7, 11) is 2.93. The molecule has 0 radical (unpaired) electrons. The maximum absolute atomic E-state index is 12.2. The Morgan fingerprint density at radius 1 is 1.21 bits per heavy atom. The van der Waals surface area contributed by atoms with Crippen LogP contribution in [0.5, 0.6) is 11.5 Å². The van der Waals surface area contributed by atoms with Gasteiger partial charge in [0.25, 0.3) is 5.95 Å². The number of nitrogens with one attached hydrogen (secondary N) is 1. The Morgan fingerprint density at radius 2 is 1.90 bits per heavy atom. The molecule has 1 N–H and O–H groups in total. The number of guanidine groups is 1. The molecule has 0 spiro atoms. The number of rotatable bonds is 5. The summed E-state index contributed by atoms with van der Waals surface area (Å²) in [5.74, 6) is -1.08. The lowest BCUT2D eigenvalue weighted by molar-refractivity contribution is -0.307. The number of carbonyl (C=O) groups is 2. The zero-order chi connectivity index (χ0) is 21.1. The first kappa shape index (κ1) is 20.1. The Balaban J connectivity index is 2.20. The minimum absolute atomic E-state index is 0.0491. The molecule has 1 aromatic heterocycles. The summed E-state index contributed by atoms with van der Waals surface area (Å²) in [6, 6.07) is 5.35. The van der Waals surface area contributed by atoms with Crippen LogP contribution in [0.15, 0.2) is 29.3 Å². The molecule has 3 rings (SSSR count). The van der Waals surface area contributed by atoms with E-state index in [1.165, 1.54) is 19.1 Å². The fourth-order valence-electron chi connectivity index (χ4n) is 3.04. The first-order valence-corrected chi connectivity index (χ1v) is 8.75. The van der Waals surface area contributed by atoms with Crippen LogP contribution >= 0.6 is 0 Å². The van der Waals surface area contributed by atoms with Crippen molar-refractivity contribution in [2.75, 3.05) is 19.1 Å². The molecule has 1 saturated heterocycles. The van der Waals surface area contributed by atoms with Gasteiger partial charge in [-0.15, -0.1) is 0 Å². The summed E-state index contributed by atoms with van der Waals surface area (Å²) in [5, 5.41) is 14.4. The van der Waals surface area contributed by atoms with Crippen molar-refractivity contribution in [3.63, 3.8) is 0 Å². The SMILES string of the molecule is COc1ccc(OC)c(N2/C(=N/c3nc(C)cc(C)n3)NC(=O)C[C@@H]2C(=O)[O-])c1. The molecule has 0 unspecified atom stereocenters. The smallest absolute Gasteiger partial charge is 0.253 e. The lowest BCUT2D eigenvalue weighted by atomic mass is 10.1. The van der Waals surface area contributed by atoms with Crippen molar-refractivity contribution >= 4 is 29.5 Å². The highest BCUT2D eigenvalue weighted by atomic mass is 16.5. The number of aliphatic imine (C=N–C) groups is 1. The number of aryl methyl sites for hydroxylation is 2. The fourth-order valence-corrected chi connectivity index (χ4v) is 3.04. The molecule has 2 aromatic rings. The van der Waals surface area contributed by atoms with E-state index in [0.717, 1.165) is 0 Å². The molecule has 0 aliphatic carbocycles. The normalized spacial score (nSPS) is 17.8. The molecule has 10 heteroatoms. The standard InChI is InChI=1S/C19H21N5O5/c1-10-7-11(2)21-18(20-10)23-19-22-16(25)9-14(17(26)27)24(19)13-8-12(28-3)5-6-15(13)29-4/h5-8,14H,9H2,1-4H3,(H,26,27)(H,20,21,22,23,25)/p-1/t14-/m1/s1. The highest BCUT2D eigenvalue weighted by molar-refractivity contribution is 6.13. The number of aliphatic carboxylic acids is 1. The number of hydrogen-bond acceptors (Lipinski definition) is 8. The lowest BCUT2D eigenvalue weighted by Crippen LogP contribution is -2.61. The van der Waals surface area contributed by atoms with Gasteiger partial charge in [0, 0.05) is 17.5 Å². The van der Waals surface area contributed by atoms with Crippen LogP contribution in [-0.2, 0) is 9.59 Å². The van der Waals surface area contributed by atoms with Gasteiger partial charge in [-0.25, -0.2) is 9.97 Å². The zero-order valence-corrected chi connectivity index (χ0v) is 16.4. The summed E-state index contributed by atoms with van der Waals surface area (Å²) in [5.41, 5.74) is 1.70. The number of benzene rings is 1. The first-order chi connectivity index (χ1) is 13.8. The van der Waals surface area contributed by atoms with Gasteiger partial charge in [0.15, 0.2) is 0 Å². The number of hydrogen-bond donors (Lipinski definition) is 1. The van der Waals surface area contributed by atoms with Crippen LogP contribution in [0.25, 0.3) is 0 Å². The van der Waals surface area contributed by atoms with E-state index in [0.29, 0.717) is 28.6 Å². The van der Waals surface area contributed by atoms with Gasteiger partial charge in [0.1, 0.15) is 11.5 Å². The number of amides is 1. The van der Waals surface area contributed by atoms with Crippen LogP contribution in [0, 0.1) is 13.8 Å². The van der Waals surface area contributed by atoms with E-state index in [1.54, 1.807) is 38.1 Å². The molecule has 1 aromatic carbocycles. The summed E-state index contributed by atoms with van der Waals surface area (Å²) < 4.78 is 10.6. The third kappa shape index (κ3) is 4.26. The molecule has 2 heterocycles. The van der Waals surface area contributed by atoms with E-state index in [-0.39, 0.29) is 18.3 Å². The third-order valence-corrected chi connectivity index (χ3v) is 4.26. The van der Waals surface area contributed by atoms with Crippen LogP contribution in [-0.4, -0.2) is 48.1 Å². The van der Waals surface area contributed by atoms with Crippen LogP contribution in [0.2, 0.25) is 0 Å². The van der Waals surface area contributed by atoms with Gasteiger partial charge in [-0.1, -0.05) is 0 Å². The number of carboxylic acid groups (broad SMARTS) is 1. The number of methoxy groups -OCH3 is 2. The van der Waals surface area contributed by atoms with Crippen molar-refractivity contribution in [2.45, 2.75) is 26.3 Å². The van der Waals surface area contributed by atoms with Gasteiger partial charge in [-0.05, 0) is 32.0 Å². The Kier molecular flexibility index (Phi) is 5.62. The molecule has 1 fully saturated rings. The van der Waals surface area contributed by atoms with Gasteiger partial charge in [-0.3, -0.25) is 15.0 Å². The molecular weight excluding hydrogens is 378 g/mol. The molecule has 1 aliphatic heterocycles. The summed E-state index contributed by atoms with van der Waals surface area (Å²) in [6.07, 6.45) is -0.324. The van der Waals surface area contributed by atoms with Gasteiger partial charge in [-0.2, -0.15) is 4.99 Å². The van der Waals surface area contributed by atoms with Crippen molar-refractivity contribution in [3.8, 4) is 11.5 Å². The van der Waals surface area contributed by atoms with E-state index < -0.39 is 17.9 Å². The fraction of sp³-hybridized carbons (Fsp3) is 0.316. The Morgan fingerprint density at radius 3 is 2.48 bits per heavy atom. The summed E-state index contributed by atoms with van der Waals surface area (Å²) in [4.78, 5) is 38.1. The maximum Gasteiger partial charge on any atom is 0.253 e. The molecule has 152 valence electrons. The van der Waals surface area contributed by atoms with Gasteiger partial charge in [0.05, 0.1) is 38.3 Å². The summed E-state index contributed by atoms with van der Waals surface area (Å²) in [6.45, 7) is 3.56. The van der Waals surface area contributed by atoms with Crippen LogP contribution in [0.4, 0.5) is 11.6 Å². The monoisotopic (exact) mass is 398 g/mol. The molecular formula is C19H20N5O5-. The van der Waals surface area contributed by atoms with E-state index in [9.17, 15) is 14.7 Å². The van der Waals surface area contributed by atoms with Gasteiger partial charge < -0.3 is 19.4 Å². The number of ether oxygens (including phenoxy) is 2. The Bertz CT molecular complexity index is 971. The summed E-state index contributed by atoms with van der Waals surface area (Å²) >= 11 is 0. The highest BCUT2D eigenvalue weighted by Crippen LogP contribution is 2.35. The molecule has 10 nitrogen and oxygen atoms in total. The Labute approximate surface area is 167 Å². The third-order valence-electron chi connectivity index (χ3n) is 4.26. The van der Waals surface area contributed by atoms with E-state index >= 15 is 0 Å². The Hall–Kier alpha value is -3.69. The second-order valence-corrected chi connectivity index (χ2v) is 6.38. The second-order valence-electron chi connectivity index (χ2n) is 6.38. The zero-order valence-electron chi connectivity index (χ0n) is 16.4. The number of aromatic nitrogens is 2. The average Bonchev–Trinajstić information content (AvgIpc) is 2.66. The number of nitrogens with zero attached hydrogens (tertiary/aromatic N) is 4. The number of anilines is 1. The largest absolute Gasteiger partial charge is 0.548 e. The van der Waals surface area contributed by atoms with Gasteiger partial charge >= 0.3 is 0 Å². The minimum Gasteiger partial charge on any atom is -0.548 e. The van der Waals surface area contributed by atoms with Crippen LogP contribution in [0.1, 0.15) is 17.8 Å². The van der Waals surface area contributed by atoms with Gasteiger partial charge in [0.2, 0.25) is 11.9 Å². The molecule has 0 saturated carbocycles. The first-order valence-electron chi connectivity index (χ1n) is 8.75. The predicted molar refractivity (Wildman–Crippen MR) is 102 cm³/mol. The van der Waals surface area contributed by atoms with Crippen molar-refractivity contribution < 1.29 is 24.2 Å². The number of carboxylic acids is 1. The van der Waals surface area contributed by atoms with Crippen molar-refractivity contribution in [1.82, 2.24) is 15.3 Å². The molecule has 0 bridgehead atoms. The maximum atomic E-state index is 12.2. The van der Waals surface area contributed by atoms with E-state index in [4.69, 9.17) is 9.47 Å². The molecule has 29 heavy (non-hydrogen) atoms. The van der Waals surface area contributed by atoms with E-state index in [1.807, 2.05) is 0 Å². The van der Waals surface area contributed by atoms with Crippen LogP contribution < -0.4 is 24.8 Å². The van der Waals surface area contributed by atoms with Crippen molar-refractivity contribution in [2.24, 2.45) is 4.99 Å². The minimum atomic E-state index is -1.43. The van der Waals surface area contributed by atoms with Crippen molar-refractivity contribution in [1.29, 1.82) is 0 Å². The molecule has 1 atom stereocenters. The second kappa shape index (κ2) is 8.13. The quantitative estimate of drug-likeness (QED) is 0.758. The molecule has 1 aliphatic rings. The predicted octanol–water partition coefficient (Wildman–Crippen LogP) is 0.243. The average molecular weight is 398 g/mol. The van der Waals surface area contributed by atoms with Crippen LogP contribution in [0.3, 0.4) is 0 Å². The lowest BCUT2D eigenvalue weighted by Gasteiger charge is -2.38. The number of carbonyl (C=O) groups excluding carboxylic acids is 2. The topological polar surface area (TPSA) is 129 Å². The van der Waals surface area contributed by atoms with Crippen molar-refractivity contribution in [3.05, 3.63) is 35.7 Å². The highest BCUT2D eigenvalue weighted by Gasteiger charge is 2.35. The van der Waals surface area contributed by atoms with E-state index in [2.05, 4.69) is 20.3 Å².